The predicted molar refractivity (Wildman–Crippen MR) is 84.9 cm³/mol. The van der Waals surface area contributed by atoms with E-state index in [4.69, 9.17) is 4.74 Å². The van der Waals surface area contributed by atoms with Crippen LogP contribution in [0.15, 0.2) is 46.9 Å². The van der Waals surface area contributed by atoms with Crippen LogP contribution < -0.4 is 0 Å². The summed E-state index contributed by atoms with van der Waals surface area (Å²) in [5.74, 6) is 0.0773. The van der Waals surface area contributed by atoms with E-state index in [0.29, 0.717) is 11.5 Å². The Morgan fingerprint density at radius 3 is 2.57 bits per heavy atom. The monoisotopic (exact) mass is 331 g/mol. The second-order valence-electron chi connectivity index (χ2n) is 5.10. The number of ether oxygens (including phenoxy) is 1. The number of nitro groups is 1. The maximum absolute atomic E-state index is 12.0. The third-order valence-electron chi connectivity index (χ3n) is 3.53. The van der Waals surface area contributed by atoms with E-state index in [2.05, 4.69) is 5.10 Å². The molecule has 1 aliphatic heterocycles. The van der Waals surface area contributed by atoms with Gasteiger partial charge in [0, 0.05) is 31.5 Å². The topological polar surface area (TPSA) is 85.0 Å². The predicted octanol–water partition coefficient (Wildman–Crippen LogP) is 3.07. The molecule has 8 heteroatoms. The van der Waals surface area contributed by atoms with E-state index in [0.717, 1.165) is 4.88 Å². The highest BCUT2D eigenvalue weighted by Crippen LogP contribution is 2.37. The molecule has 7 nitrogen and oxygen atoms in total. The first-order valence-corrected chi connectivity index (χ1v) is 7.67. The van der Waals surface area contributed by atoms with Gasteiger partial charge in [-0.25, -0.2) is 0 Å². The van der Waals surface area contributed by atoms with Gasteiger partial charge in [0.05, 0.1) is 9.80 Å². The van der Waals surface area contributed by atoms with Crippen molar-refractivity contribution in [1.82, 2.24) is 5.01 Å². The molecule has 1 amide bonds. The number of nitro benzene ring substituents is 1. The normalized spacial score (nSPS) is 20.1. The summed E-state index contributed by atoms with van der Waals surface area (Å²) in [5.41, 5.74) is -0.557. The van der Waals surface area contributed by atoms with Gasteiger partial charge in [-0.2, -0.15) is 5.01 Å². The number of benzene rings is 1. The molecule has 0 unspecified atom stereocenters. The van der Waals surface area contributed by atoms with E-state index in [9.17, 15) is 14.9 Å². The van der Waals surface area contributed by atoms with Crippen molar-refractivity contribution >= 4 is 28.8 Å². The Balaban J connectivity index is 1.99. The number of non-ortho nitro benzene ring substituents is 1. The van der Waals surface area contributed by atoms with Crippen LogP contribution in [0.25, 0.3) is 0 Å². The van der Waals surface area contributed by atoms with Crippen LogP contribution in [0.3, 0.4) is 0 Å². The number of carbonyl (C=O) groups is 1. The zero-order valence-corrected chi connectivity index (χ0v) is 13.2. The van der Waals surface area contributed by atoms with Crippen molar-refractivity contribution in [2.45, 2.75) is 19.6 Å². The Morgan fingerprint density at radius 2 is 2.04 bits per heavy atom. The average molecular weight is 331 g/mol. The van der Waals surface area contributed by atoms with Gasteiger partial charge in [-0.05, 0) is 23.6 Å². The van der Waals surface area contributed by atoms with Crippen molar-refractivity contribution in [2.75, 3.05) is 0 Å². The third-order valence-corrected chi connectivity index (χ3v) is 4.39. The van der Waals surface area contributed by atoms with E-state index in [-0.39, 0.29) is 11.6 Å². The van der Waals surface area contributed by atoms with Crippen LogP contribution in [0.2, 0.25) is 0 Å². The van der Waals surface area contributed by atoms with E-state index in [1.165, 1.54) is 35.4 Å². The number of thiophene rings is 1. The van der Waals surface area contributed by atoms with E-state index in [1.807, 2.05) is 17.5 Å². The van der Waals surface area contributed by atoms with Gasteiger partial charge in [-0.3, -0.25) is 14.9 Å². The summed E-state index contributed by atoms with van der Waals surface area (Å²) in [5, 5.41) is 18.2. The molecule has 3 rings (SSSR count). The van der Waals surface area contributed by atoms with Gasteiger partial charge in [0.1, 0.15) is 0 Å². The lowest BCUT2D eigenvalue weighted by atomic mass is 10.0. The molecule has 1 aliphatic rings. The minimum atomic E-state index is -1.14. The SMILES string of the molecule is CC(=O)N1N=C(c2cccs2)O[C@@]1(C)c1ccc([N+](=O)[O-])cc1. The third kappa shape index (κ3) is 2.57. The Kier molecular flexibility index (Phi) is 3.61. The Labute approximate surface area is 136 Å². The first-order valence-electron chi connectivity index (χ1n) is 6.79. The smallest absolute Gasteiger partial charge is 0.269 e. The van der Waals surface area contributed by atoms with Gasteiger partial charge in [0.15, 0.2) is 0 Å². The molecule has 0 spiro atoms. The van der Waals surface area contributed by atoms with Crippen molar-refractivity contribution < 1.29 is 14.5 Å². The molecule has 118 valence electrons. The fourth-order valence-corrected chi connectivity index (χ4v) is 3.03. The molecule has 0 saturated heterocycles. The molecule has 0 bridgehead atoms. The fourth-order valence-electron chi connectivity index (χ4n) is 2.38. The lowest BCUT2D eigenvalue weighted by Crippen LogP contribution is -2.41. The van der Waals surface area contributed by atoms with Crippen LogP contribution in [0.4, 0.5) is 5.69 Å². The Bertz CT molecular complexity index is 786. The molecule has 1 aromatic carbocycles. The quantitative estimate of drug-likeness (QED) is 0.639. The summed E-state index contributed by atoms with van der Waals surface area (Å²) < 4.78 is 5.95. The first-order chi connectivity index (χ1) is 10.9. The number of rotatable bonds is 3. The standard InChI is InChI=1S/C15H13N3O4S/c1-10(19)17-15(2,11-5-7-12(8-6-11)18(20)21)22-14(16-17)13-4-3-9-23-13/h3-9H,1-2H3/t15-/m0/s1. The molecule has 2 aromatic rings. The average Bonchev–Trinajstić information content (AvgIpc) is 3.15. The molecular weight excluding hydrogens is 318 g/mol. The minimum absolute atomic E-state index is 0.0240. The van der Waals surface area contributed by atoms with Gasteiger partial charge in [0.2, 0.25) is 11.6 Å². The maximum atomic E-state index is 12.0. The molecule has 0 N–H and O–H groups in total. The number of nitrogens with zero attached hydrogens (tertiary/aromatic N) is 3. The molecule has 0 fully saturated rings. The van der Waals surface area contributed by atoms with Crippen LogP contribution in [-0.4, -0.2) is 21.7 Å². The molecule has 23 heavy (non-hydrogen) atoms. The van der Waals surface area contributed by atoms with E-state index < -0.39 is 10.6 Å². The molecule has 1 atom stereocenters. The number of amides is 1. The highest BCUT2D eigenvalue weighted by molar-refractivity contribution is 7.12. The number of hydrogen-bond acceptors (Lipinski definition) is 6. The zero-order chi connectivity index (χ0) is 16.6. The summed E-state index contributed by atoms with van der Waals surface area (Å²) >= 11 is 1.45. The van der Waals surface area contributed by atoms with Crippen molar-refractivity contribution in [1.29, 1.82) is 0 Å². The zero-order valence-electron chi connectivity index (χ0n) is 12.4. The lowest BCUT2D eigenvalue weighted by Gasteiger charge is -2.30. The van der Waals surface area contributed by atoms with Gasteiger partial charge < -0.3 is 4.74 Å². The van der Waals surface area contributed by atoms with Crippen LogP contribution in [0.5, 0.6) is 0 Å². The summed E-state index contributed by atoms with van der Waals surface area (Å²) in [6.45, 7) is 3.10. The summed E-state index contributed by atoms with van der Waals surface area (Å²) in [6, 6.07) is 9.62. The fraction of sp³-hybridized carbons (Fsp3) is 0.200. The number of hydrogen-bond donors (Lipinski definition) is 0. The van der Waals surface area contributed by atoms with Crippen LogP contribution in [-0.2, 0) is 15.3 Å². The first kappa shape index (κ1) is 15.2. The molecule has 2 heterocycles. The van der Waals surface area contributed by atoms with Crippen molar-refractivity contribution in [2.24, 2.45) is 5.10 Å². The summed E-state index contributed by atoms with van der Waals surface area (Å²) in [7, 11) is 0. The maximum Gasteiger partial charge on any atom is 0.269 e. The van der Waals surface area contributed by atoms with Crippen molar-refractivity contribution in [3.63, 3.8) is 0 Å². The second kappa shape index (κ2) is 5.47. The van der Waals surface area contributed by atoms with Gasteiger partial charge in [-0.15, -0.1) is 16.4 Å². The van der Waals surface area contributed by atoms with Crippen LogP contribution in [0, 0.1) is 10.1 Å². The molecule has 0 aliphatic carbocycles. The number of hydrazone groups is 1. The lowest BCUT2D eigenvalue weighted by molar-refractivity contribution is -0.384. The Morgan fingerprint density at radius 1 is 1.35 bits per heavy atom. The highest BCUT2D eigenvalue weighted by Gasteiger charge is 2.45. The number of carbonyl (C=O) groups excluding carboxylic acids is 1. The molecule has 0 saturated carbocycles. The van der Waals surface area contributed by atoms with Gasteiger partial charge in [0.25, 0.3) is 11.6 Å². The Hall–Kier alpha value is -2.74. The molecule has 1 aromatic heterocycles. The molecular formula is C15H13N3O4S. The molecule has 0 radical (unpaired) electrons. The summed E-state index contributed by atoms with van der Waals surface area (Å²) in [4.78, 5) is 23.1. The highest BCUT2D eigenvalue weighted by atomic mass is 32.1. The minimum Gasteiger partial charge on any atom is -0.443 e. The van der Waals surface area contributed by atoms with Crippen LogP contribution >= 0.6 is 11.3 Å². The van der Waals surface area contributed by atoms with E-state index in [1.54, 1.807) is 19.1 Å². The largest absolute Gasteiger partial charge is 0.443 e. The van der Waals surface area contributed by atoms with Crippen molar-refractivity contribution in [3.05, 3.63) is 62.3 Å². The van der Waals surface area contributed by atoms with Crippen LogP contribution in [0.1, 0.15) is 24.3 Å². The van der Waals surface area contributed by atoms with Gasteiger partial charge >= 0.3 is 0 Å². The van der Waals surface area contributed by atoms with E-state index >= 15 is 0 Å². The summed E-state index contributed by atoms with van der Waals surface area (Å²) in [6.07, 6.45) is 0. The van der Waals surface area contributed by atoms with Gasteiger partial charge in [-0.1, -0.05) is 6.07 Å². The van der Waals surface area contributed by atoms with Crippen molar-refractivity contribution in [3.8, 4) is 0 Å². The second-order valence-corrected chi connectivity index (χ2v) is 6.05.